The van der Waals surface area contributed by atoms with Crippen LogP contribution in [0.1, 0.15) is 5.56 Å². The van der Waals surface area contributed by atoms with Crippen molar-refractivity contribution in [2.24, 2.45) is 0 Å². The van der Waals surface area contributed by atoms with E-state index in [1.165, 1.54) is 0 Å². The van der Waals surface area contributed by atoms with Crippen molar-refractivity contribution in [2.45, 2.75) is 6.54 Å². The second-order valence-corrected chi connectivity index (χ2v) is 8.37. The zero-order chi connectivity index (χ0) is 17.1. The van der Waals surface area contributed by atoms with Crippen molar-refractivity contribution < 1.29 is 14.0 Å². The van der Waals surface area contributed by atoms with Crippen molar-refractivity contribution in [3.63, 3.8) is 0 Å². The van der Waals surface area contributed by atoms with Crippen molar-refractivity contribution in [2.75, 3.05) is 6.79 Å². The van der Waals surface area contributed by atoms with E-state index >= 15 is 0 Å². The summed E-state index contributed by atoms with van der Waals surface area (Å²) in [6.07, 6.45) is 0. The first-order valence-electron chi connectivity index (χ1n) is 8.11. The molecule has 25 heavy (non-hydrogen) atoms. The molecule has 0 atom stereocenters. The molecule has 0 spiro atoms. The Kier molecular flexibility index (Phi) is 4.31. The minimum absolute atomic E-state index is 0.249. The van der Waals surface area contributed by atoms with Crippen molar-refractivity contribution in [3.8, 4) is 11.5 Å². The van der Waals surface area contributed by atoms with Crippen molar-refractivity contribution >= 4 is 17.9 Å². The van der Waals surface area contributed by atoms with Crippen LogP contribution >= 0.6 is 7.29 Å². The van der Waals surface area contributed by atoms with Crippen LogP contribution in [0.3, 0.4) is 0 Å². The summed E-state index contributed by atoms with van der Waals surface area (Å²) < 4.78 is 24.6. The van der Waals surface area contributed by atoms with E-state index in [0.29, 0.717) is 6.54 Å². The molecule has 5 heteroatoms. The molecule has 0 aromatic heterocycles. The van der Waals surface area contributed by atoms with Crippen LogP contribution in [0.25, 0.3) is 0 Å². The summed E-state index contributed by atoms with van der Waals surface area (Å²) in [4.78, 5) is 0. The minimum Gasteiger partial charge on any atom is -0.454 e. The highest BCUT2D eigenvalue weighted by molar-refractivity contribution is 7.76. The predicted octanol–water partition coefficient (Wildman–Crippen LogP) is 3.43. The molecular formula is C20H18NO3P. The highest BCUT2D eigenvalue weighted by Crippen LogP contribution is 2.39. The fraction of sp³-hybridized carbons (Fsp3) is 0.100. The number of hydrogen-bond acceptors (Lipinski definition) is 3. The average Bonchev–Trinajstić information content (AvgIpc) is 3.15. The van der Waals surface area contributed by atoms with Gasteiger partial charge in [-0.1, -0.05) is 42.5 Å². The summed E-state index contributed by atoms with van der Waals surface area (Å²) in [7, 11) is -2.93. The largest absolute Gasteiger partial charge is 0.454 e. The molecule has 0 saturated heterocycles. The topological polar surface area (TPSA) is 47.6 Å². The summed E-state index contributed by atoms with van der Waals surface area (Å²) >= 11 is 0. The monoisotopic (exact) mass is 351 g/mol. The Labute approximate surface area is 146 Å². The number of nitrogens with one attached hydrogen (secondary N) is 1. The zero-order valence-corrected chi connectivity index (χ0v) is 14.5. The fourth-order valence-electron chi connectivity index (χ4n) is 2.86. The molecule has 0 radical (unpaired) electrons. The van der Waals surface area contributed by atoms with Gasteiger partial charge in [-0.3, -0.25) is 9.65 Å². The summed E-state index contributed by atoms with van der Waals surface area (Å²) in [5, 5.41) is 4.88. The normalized spacial score (nSPS) is 13.0. The average molecular weight is 351 g/mol. The van der Waals surface area contributed by atoms with Gasteiger partial charge in [0.15, 0.2) is 11.5 Å². The second-order valence-electron chi connectivity index (χ2n) is 5.80. The first-order chi connectivity index (χ1) is 12.3. The van der Waals surface area contributed by atoms with Gasteiger partial charge in [0.1, 0.15) is 0 Å². The number of fused-ring (bicyclic) bond motifs is 1. The third kappa shape index (κ3) is 3.19. The van der Waals surface area contributed by atoms with E-state index in [-0.39, 0.29) is 6.79 Å². The first-order valence-corrected chi connectivity index (χ1v) is 9.81. The van der Waals surface area contributed by atoms with Crippen molar-refractivity contribution in [1.29, 1.82) is 0 Å². The maximum atomic E-state index is 13.9. The molecule has 0 bridgehead atoms. The van der Waals surface area contributed by atoms with Gasteiger partial charge in [-0.2, -0.15) is 0 Å². The molecule has 0 saturated carbocycles. The minimum atomic E-state index is -2.93. The third-order valence-corrected chi connectivity index (χ3v) is 6.84. The van der Waals surface area contributed by atoms with Gasteiger partial charge in [-0.15, -0.1) is 0 Å². The Morgan fingerprint density at radius 3 is 2.04 bits per heavy atom. The number of rotatable bonds is 5. The zero-order valence-electron chi connectivity index (χ0n) is 13.6. The Morgan fingerprint density at radius 1 is 0.800 bits per heavy atom. The maximum Gasteiger partial charge on any atom is 0.231 e. The van der Waals surface area contributed by atoms with E-state index in [1.807, 2.05) is 78.9 Å². The Bertz CT molecular complexity index is 869. The first kappa shape index (κ1) is 15.9. The van der Waals surface area contributed by atoms with Crippen LogP contribution in [0.2, 0.25) is 0 Å². The van der Waals surface area contributed by atoms with Crippen LogP contribution in [0, 0.1) is 0 Å². The summed E-state index contributed by atoms with van der Waals surface area (Å²) in [5.74, 6) is 1.48. The SMILES string of the molecule is O=P(NCc1ccc2c(c1)OCO2)(c1ccccc1)c1ccccc1. The second kappa shape index (κ2) is 6.75. The van der Waals surface area contributed by atoms with Gasteiger partial charge < -0.3 is 9.47 Å². The molecule has 4 rings (SSSR count). The van der Waals surface area contributed by atoms with E-state index in [9.17, 15) is 4.57 Å². The molecule has 0 amide bonds. The number of benzene rings is 3. The lowest BCUT2D eigenvalue weighted by Gasteiger charge is -2.20. The van der Waals surface area contributed by atoms with E-state index in [1.54, 1.807) is 0 Å². The summed E-state index contributed by atoms with van der Waals surface area (Å²) in [6.45, 7) is 0.719. The van der Waals surface area contributed by atoms with E-state index in [0.717, 1.165) is 27.7 Å². The highest BCUT2D eigenvalue weighted by atomic mass is 31.2. The van der Waals surface area contributed by atoms with Gasteiger partial charge in [0.2, 0.25) is 14.1 Å². The van der Waals surface area contributed by atoms with Crippen LogP contribution in [0.4, 0.5) is 0 Å². The molecule has 1 aliphatic heterocycles. The van der Waals surface area contributed by atoms with Crippen LogP contribution in [-0.4, -0.2) is 6.79 Å². The Morgan fingerprint density at radius 2 is 1.40 bits per heavy atom. The maximum absolute atomic E-state index is 13.9. The quantitative estimate of drug-likeness (QED) is 0.716. The van der Waals surface area contributed by atoms with E-state index in [4.69, 9.17) is 9.47 Å². The Balaban J connectivity index is 1.64. The molecule has 3 aromatic carbocycles. The molecule has 4 nitrogen and oxygen atoms in total. The predicted molar refractivity (Wildman–Crippen MR) is 99.2 cm³/mol. The molecule has 0 unspecified atom stereocenters. The van der Waals surface area contributed by atoms with Crippen molar-refractivity contribution in [1.82, 2.24) is 5.09 Å². The fourth-order valence-corrected chi connectivity index (χ4v) is 5.11. The molecule has 126 valence electrons. The van der Waals surface area contributed by atoms with Crippen LogP contribution < -0.4 is 25.2 Å². The molecule has 1 aliphatic rings. The highest BCUT2D eigenvalue weighted by Gasteiger charge is 2.26. The van der Waals surface area contributed by atoms with E-state index < -0.39 is 7.29 Å². The van der Waals surface area contributed by atoms with Gasteiger partial charge in [0, 0.05) is 17.2 Å². The molecule has 3 aromatic rings. The molecule has 1 N–H and O–H groups in total. The van der Waals surface area contributed by atoms with Gasteiger partial charge in [0.05, 0.1) is 0 Å². The Hall–Kier alpha value is -2.55. The van der Waals surface area contributed by atoms with Crippen LogP contribution in [0.15, 0.2) is 78.9 Å². The molecular weight excluding hydrogens is 333 g/mol. The molecule has 0 fully saturated rings. The van der Waals surface area contributed by atoms with E-state index in [2.05, 4.69) is 5.09 Å². The summed E-state index contributed by atoms with van der Waals surface area (Å²) in [6, 6.07) is 24.9. The van der Waals surface area contributed by atoms with Crippen molar-refractivity contribution in [3.05, 3.63) is 84.4 Å². The van der Waals surface area contributed by atoms with Crippen LogP contribution in [0.5, 0.6) is 11.5 Å². The van der Waals surface area contributed by atoms with Gasteiger partial charge >= 0.3 is 0 Å². The smallest absolute Gasteiger partial charge is 0.231 e. The van der Waals surface area contributed by atoms with Gasteiger partial charge in [-0.25, -0.2) is 0 Å². The van der Waals surface area contributed by atoms with Gasteiger partial charge in [-0.05, 0) is 42.0 Å². The molecule has 0 aliphatic carbocycles. The number of hydrogen-bond donors (Lipinski definition) is 1. The summed E-state index contributed by atoms with van der Waals surface area (Å²) in [5.41, 5.74) is 0.997. The lowest BCUT2D eigenvalue weighted by molar-refractivity contribution is 0.174. The number of ether oxygens (including phenoxy) is 2. The van der Waals surface area contributed by atoms with Gasteiger partial charge in [0.25, 0.3) is 0 Å². The van der Waals surface area contributed by atoms with Crippen LogP contribution in [-0.2, 0) is 11.1 Å². The lowest BCUT2D eigenvalue weighted by Crippen LogP contribution is -2.27. The lowest BCUT2D eigenvalue weighted by atomic mass is 10.2. The third-order valence-electron chi connectivity index (χ3n) is 4.18. The molecule has 1 heterocycles. The standard InChI is InChI=1S/C20H18NO3P/c22-25(17-7-3-1-4-8-17,18-9-5-2-6-10-18)21-14-16-11-12-19-20(13-16)24-15-23-19/h1-13H,14-15H2,(H,21,22).